The van der Waals surface area contributed by atoms with Gasteiger partial charge in [0.05, 0.1) is 5.33 Å². The van der Waals surface area contributed by atoms with Crippen LogP contribution in [-0.4, -0.2) is 19.0 Å². The molecule has 5 heteroatoms. The second kappa shape index (κ2) is 4.00. The highest BCUT2D eigenvalue weighted by molar-refractivity contribution is 9.09. The highest BCUT2D eigenvalue weighted by Gasteiger charge is 2.14. The Bertz CT molecular complexity index is 331. The molecule has 0 bridgehead atoms. The normalized spacial score (nSPS) is 10.1. The van der Waals surface area contributed by atoms with Gasteiger partial charge in [-0.1, -0.05) is 21.4 Å². The topological polar surface area (TPSA) is 17.1 Å². The molecule has 1 aromatic carbocycles. The van der Waals surface area contributed by atoms with Gasteiger partial charge in [-0.25, -0.2) is 8.78 Å². The monoisotopic (exact) mass is 244 g/mol. The van der Waals surface area contributed by atoms with E-state index in [1.807, 2.05) is 0 Å². The van der Waals surface area contributed by atoms with Crippen LogP contribution in [0, 0.1) is 11.6 Å². The SMILES string of the molecule is [B]c1cc(F)cc(F)c1C(=O)CBr. The van der Waals surface area contributed by atoms with E-state index in [1.165, 1.54) is 0 Å². The smallest absolute Gasteiger partial charge is 0.175 e. The van der Waals surface area contributed by atoms with Gasteiger partial charge in [0.1, 0.15) is 19.5 Å². The zero-order chi connectivity index (χ0) is 10.0. The molecule has 0 aromatic heterocycles. The van der Waals surface area contributed by atoms with Gasteiger partial charge in [-0.05, 0) is 6.07 Å². The van der Waals surface area contributed by atoms with Crippen molar-refractivity contribution in [1.82, 2.24) is 0 Å². The maximum absolute atomic E-state index is 13.0. The Balaban J connectivity index is 3.28. The van der Waals surface area contributed by atoms with Gasteiger partial charge in [0.15, 0.2) is 5.78 Å². The Hall–Kier alpha value is -0.705. The summed E-state index contributed by atoms with van der Waals surface area (Å²) in [5, 5.41) is -0.0419. The molecule has 0 heterocycles. The molecule has 0 N–H and O–H groups in total. The number of benzene rings is 1. The second-order valence-electron chi connectivity index (χ2n) is 2.41. The maximum Gasteiger partial charge on any atom is 0.175 e. The lowest BCUT2D eigenvalue weighted by Crippen LogP contribution is -2.19. The van der Waals surface area contributed by atoms with Gasteiger partial charge < -0.3 is 0 Å². The van der Waals surface area contributed by atoms with E-state index in [2.05, 4.69) is 15.9 Å². The molecule has 0 amide bonds. The molecular weight excluding hydrogens is 241 g/mol. The molecular formula is C8H4BBrF2O. The first-order chi connectivity index (χ1) is 6.06. The minimum atomic E-state index is -0.929. The molecule has 1 aromatic rings. The van der Waals surface area contributed by atoms with E-state index in [9.17, 15) is 13.6 Å². The Morgan fingerprint density at radius 2 is 2.08 bits per heavy atom. The van der Waals surface area contributed by atoms with E-state index in [0.717, 1.165) is 6.07 Å². The number of hydrogen-bond donors (Lipinski definition) is 0. The summed E-state index contributed by atoms with van der Waals surface area (Å²) in [7, 11) is 5.28. The van der Waals surface area contributed by atoms with Gasteiger partial charge >= 0.3 is 0 Å². The Morgan fingerprint density at radius 3 is 2.54 bits per heavy atom. The van der Waals surface area contributed by atoms with Gasteiger partial charge in [-0.3, -0.25) is 4.79 Å². The summed E-state index contributed by atoms with van der Waals surface area (Å²) in [5.74, 6) is -2.22. The zero-order valence-electron chi connectivity index (χ0n) is 6.48. The van der Waals surface area contributed by atoms with Crippen LogP contribution in [0.2, 0.25) is 0 Å². The molecule has 0 saturated heterocycles. The van der Waals surface area contributed by atoms with E-state index in [4.69, 9.17) is 7.85 Å². The molecule has 0 unspecified atom stereocenters. The molecule has 0 aliphatic carbocycles. The van der Waals surface area contributed by atoms with Crippen molar-refractivity contribution in [2.24, 2.45) is 0 Å². The number of alkyl halides is 1. The molecule has 1 rings (SSSR count). The van der Waals surface area contributed by atoms with Crippen LogP contribution in [0.5, 0.6) is 0 Å². The number of ketones is 1. The van der Waals surface area contributed by atoms with Crippen LogP contribution in [0.25, 0.3) is 0 Å². The van der Waals surface area contributed by atoms with Crippen LogP contribution in [0.1, 0.15) is 10.4 Å². The summed E-state index contributed by atoms with van der Waals surface area (Å²) in [6.45, 7) is 0. The standard InChI is InChI=1S/C8H4BBrF2O/c9-5-1-4(11)2-6(12)8(5)7(13)3-10/h1-2H,3H2. The van der Waals surface area contributed by atoms with Gasteiger partial charge in [0, 0.05) is 11.6 Å². The van der Waals surface area contributed by atoms with Crippen molar-refractivity contribution in [3.63, 3.8) is 0 Å². The third kappa shape index (κ3) is 2.15. The number of halogens is 3. The summed E-state index contributed by atoms with van der Waals surface area (Å²) in [4.78, 5) is 11.1. The van der Waals surface area contributed by atoms with E-state index in [0.29, 0.717) is 6.07 Å². The summed E-state index contributed by atoms with van der Waals surface area (Å²) < 4.78 is 25.5. The summed E-state index contributed by atoms with van der Waals surface area (Å²) in [5.41, 5.74) is -0.444. The van der Waals surface area contributed by atoms with Crippen molar-refractivity contribution >= 4 is 35.0 Å². The minimum Gasteiger partial charge on any atom is -0.293 e. The van der Waals surface area contributed by atoms with E-state index in [1.54, 1.807) is 0 Å². The predicted octanol–water partition coefficient (Wildman–Crippen LogP) is 1.34. The van der Waals surface area contributed by atoms with Gasteiger partial charge in [0.25, 0.3) is 0 Å². The highest BCUT2D eigenvalue weighted by Crippen LogP contribution is 2.08. The van der Waals surface area contributed by atoms with Crippen molar-refractivity contribution in [1.29, 1.82) is 0 Å². The lowest BCUT2D eigenvalue weighted by molar-refractivity contribution is 0.102. The van der Waals surface area contributed by atoms with Crippen molar-refractivity contribution in [2.75, 3.05) is 5.33 Å². The molecule has 13 heavy (non-hydrogen) atoms. The number of hydrogen-bond acceptors (Lipinski definition) is 1. The van der Waals surface area contributed by atoms with Crippen LogP contribution in [0.4, 0.5) is 8.78 Å². The first kappa shape index (κ1) is 10.4. The Kier molecular flexibility index (Phi) is 3.19. The number of Topliss-reactive ketones (excluding diaryl/α,β-unsaturated/α-hetero) is 1. The summed E-state index contributed by atoms with van der Waals surface area (Å²) in [6.07, 6.45) is 0. The van der Waals surface area contributed by atoms with Crippen LogP contribution in [0.3, 0.4) is 0 Å². The first-order valence-corrected chi connectivity index (χ1v) is 4.52. The van der Waals surface area contributed by atoms with Crippen molar-refractivity contribution in [3.8, 4) is 0 Å². The zero-order valence-corrected chi connectivity index (χ0v) is 8.07. The molecule has 0 atom stereocenters. The lowest BCUT2D eigenvalue weighted by Gasteiger charge is -2.04. The predicted molar refractivity (Wildman–Crippen MR) is 49.9 cm³/mol. The minimum absolute atomic E-state index is 0.0419. The van der Waals surface area contributed by atoms with Gasteiger partial charge in [-0.2, -0.15) is 0 Å². The lowest BCUT2D eigenvalue weighted by atomic mass is 9.88. The van der Waals surface area contributed by atoms with Crippen molar-refractivity contribution in [2.45, 2.75) is 0 Å². The largest absolute Gasteiger partial charge is 0.293 e. The van der Waals surface area contributed by atoms with E-state index < -0.39 is 17.4 Å². The van der Waals surface area contributed by atoms with Crippen molar-refractivity contribution < 1.29 is 13.6 Å². The van der Waals surface area contributed by atoms with E-state index in [-0.39, 0.29) is 16.4 Å². The molecule has 66 valence electrons. The van der Waals surface area contributed by atoms with E-state index >= 15 is 0 Å². The Morgan fingerprint density at radius 1 is 1.46 bits per heavy atom. The fraction of sp³-hybridized carbons (Fsp3) is 0.125. The fourth-order valence-corrected chi connectivity index (χ4v) is 1.23. The van der Waals surface area contributed by atoms with Crippen LogP contribution >= 0.6 is 15.9 Å². The second-order valence-corrected chi connectivity index (χ2v) is 2.97. The Labute approximate surface area is 83.7 Å². The molecule has 0 spiro atoms. The average Bonchev–Trinajstić information content (AvgIpc) is 2.02. The molecule has 1 nitrogen and oxygen atoms in total. The first-order valence-electron chi connectivity index (χ1n) is 3.40. The van der Waals surface area contributed by atoms with Crippen LogP contribution < -0.4 is 5.46 Å². The van der Waals surface area contributed by atoms with Gasteiger partial charge in [-0.15, -0.1) is 0 Å². The number of carbonyl (C=O) groups excluding carboxylic acids is 1. The maximum atomic E-state index is 13.0. The molecule has 0 aliphatic heterocycles. The highest BCUT2D eigenvalue weighted by atomic mass is 79.9. The van der Waals surface area contributed by atoms with Crippen LogP contribution in [-0.2, 0) is 0 Å². The molecule has 0 fully saturated rings. The van der Waals surface area contributed by atoms with Crippen molar-refractivity contribution in [3.05, 3.63) is 29.3 Å². The third-order valence-electron chi connectivity index (χ3n) is 1.49. The fourth-order valence-electron chi connectivity index (χ4n) is 0.954. The number of carbonyl (C=O) groups is 1. The number of rotatable bonds is 2. The third-order valence-corrected chi connectivity index (χ3v) is 1.99. The average molecular weight is 245 g/mol. The summed E-state index contributed by atoms with van der Waals surface area (Å²) in [6, 6.07) is 1.55. The quantitative estimate of drug-likeness (QED) is 0.436. The summed E-state index contributed by atoms with van der Waals surface area (Å²) >= 11 is 2.87. The molecule has 2 radical (unpaired) electrons. The van der Waals surface area contributed by atoms with Crippen LogP contribution in [0.15, 0.2) is 12.1 Å². The molecule has 0 aliphatic rings. The van der Waals surface area contributed by atoms with Gasteiger partial charge in [0.2, 0.25) is 0 Å². The molecule has 0 saturated carbocycles.